The molecule has 13 aromatic rings. The van der Waals surface area contributed by atoms with Crippen LogP contribution in [0.15, 0.2) is 142 Å². The predicted molar refractivity (Wildman–Crippen MR) is 542 cm³/mol. The van der Waals surface area contributed by atoms with E-state index in [1.807, 2.05) is 155 Å². The fourth-order valence-corrected chi connectivity index (χ4v) is 22.6. The van der Waals surface area contributed by atoms with E-state index in [4.69, 9.17) is 64.2 Å². The van der Waals surface area contributed by atoms with Gasteiger partial charge in [0, 0.05) is 176 Å². The summed E-state index contributed by atoms with van der Waals surface area (Å²) in [5, 5.41) is 50.6. The maximum atomic E-state index is 13.6. The number of halogens is 4. The molecule has 2 fully saturated rings. The van der Waals surface area contributed by atoms with Crippen molar-refractivity contribution in [2.45, 2.75) is 172 Å². The highest BCUT2D eigenvalue weighted by molar-refractivity contribution is 7.16. The lowest BCUT2D eigenvalue weighted by molar-refractivity contribution is -0.155. The van der Waals surface area contributed by atoms with Crippen LogP contribution in [-0.2, 0) is 35.2 Å². The summed E-state index contributed by atoms with van der Waals surface area (Å²) in [6.07, 6.45) is 5.98. The Morgan fingerprint density at radius 3 is 1.15 bits per heavy atom. The second kappa shape index (κ2) is 43.0. The van der Waals surface area contributed by atoms with Gasteiger partial charge in [0.1, 0.15) is 78.9 Å². The molecule has 0 saturated carbocycles. The molecule has 9 aromatic heterocycles. The van der Waals surface area contributed by atoms with Crippen molar-refractivity contribution in [1.29, 1.82) is 0 Å². The number of rotatable bonds is 22. The molecule has 3 amide bonds. The Labute approximate surface area is 827 Å². The van der Waals surface area contributed by atoms with E-state index in [0.717, 1.165) is 205 Å². The molecule has 0 unspecified atom stereocenters. The number of carbonyl (C=O) groups is 4. The number of hydrogen-bond acceptors (Lipinski definition) is 25. The van der Waals surface area contributed by atoms with Crippen LogP contribution in [0.5, 0.6) is 0 Å². The van der Waals surface area contributed by atoms with Crippen LogP contribution in [0.4, 0.5) is 4.39 Å². The molecule has 37 heteroatoms. The Hall–Kier alpha value is -11.3. The van der Waals surface area contributed by atoms with Gasteiger partial charge in [0.2, 0.25) is 17.7 Å². The predicted octanol–water partition coefficient (Wildman–Crippen LogP) is 17.4. The summed E-state index contributed by atoms with van der Waals surface area (Å²) in [5.74, 6) is 5.22. The Balaban J connectivity index is 0.000000133. The molecule has 0 radical (unpaired) electrons. The molecule has 716 valence electrons. The van der Waals surface area contributed by atoms with Crippen molar-refractivity contribution >= 4 is 127 Å². The first-order valence-corrected chi connectivity index (χ1v) is 50.4. The van der Waals surface area contributed by atoms with Gasteiger partial charge in [-0.15, -0.1) is 86.1 Å². The zero-order valence-electron chi connectivity index (χ0n) is 79.8. The summed E-state index contributed by atoms with van der Waals surface area (Å²) < 4.78 is 34.8. The van der Waals surface area contributed by atoms with Gasteiger partial charge in [0.15, 0.2) is 23.3 Å². The average molecular weight is 1990 g/mol. The Morgan fingerprint density at radius 2 is 0.766 bits per heavy atom. The minimum atomic E-state index is -0.596. The van der Waals surface area contributed by atoms with Gasteiger partial charge in [-0.3, -0.25) is 62.3 Å². The van der Waals surface area contributed by atoms with E-state index in [1.54, 1.807) is 57.5 Å². The quantitative estimate of drug-likeness (QED) is 0.0531. The lowest BCUT2D eigenvalue weighted by Gasteiger charge is -2.32. The van der Waals surface area contributed by atoms with Crippen LogP contribution >= 0.6 is 80.1 Å². The van der Waals surface area contributed by atoms with Crippen LogP contribution in [0, 0.1) is 88.9 Å². The number of piperazine rings is 1. The van der Waals surface area contributed by atoms with Gasteiger partial charge in [-0.2, -0.15) is 0 Å². The highest BCUT2D eigenvalue weighted by Gasteiger charge is 2.39. The maximum Gasteiger partial charge on any atom is 0.308 e. The first-order chi connectivity index (χ1) is 65.7. The number of aliphatic imine (C=N–C) groups is 4. The molecule has 0 bridgehead atoms. The van der Waals surface area contributed by atoms with Crippen LogP contribution < -0.4 is 16.0 Å². The molecule has 19 rings (SSSR count). The number of nitrogens with one attached hydrogen (secondary N) is 3. The van der Waals surface area contributed by atoms with Gasteiger partial charge in [0.05, 0.1) is 48.9 Å². The highest BCUT2D eigenvalue weighted by Crippen LogP contribution is 2.45. The highest BCUT2D eigenvalue weighted by atomic mass is 35.5. The number of benzene rings is 4. The molecule has 4 atom stereocenters. The van der Waals surface area contributed by atoms with Crippen molar-refractivity contribution in [3.05, 3.63) is 275 Å². The largest absolute Gasteiger partial charge is 0.460 e. The third-order valence-electron chi connectivity index (χ3n) is 25.2. The SMILES string of the molecule is Cc1sc2c(c1C)C(c1ccc(Cl)cc1)=N[C@@H](CC(=O)NCCn1cccc1)c1nnc(C)n1-2.Cc1sc2c(c1C)C(c1ccc(Cl)cc1)=N[C@@H](CNC(=O)CCCN1CCN(C)CC1)c1nnc(C)n1-2.Cc1sc2c(c1C)C(c1ccc(Cl)cc1)=N[C@@H](CNC(=O)CCN1CCOCC1)c1nnc(C)n1-2.Cc1sc2c(c1C)C(c1ccc(F)cc1)=N[C@@H](CC(=O)OC(C)(C)C)c1nnc(C)n1-2. The molecule has 15 heterocycles. The molecular formula is C100H113Cl3FN23O6S4. The summed E-state index contributed by atoms with van der Waals surface area (Å²) in [6, 6.07) is 31.7. The zero-order valence-corrected chi connectivity index (χ0v) is 85.4. The molecule has 6 aliphatic heterocycles. The molecule has 137 heavy (non-hydrogen) atoms. The van der Waals surface area contributed by atoms with E-state index >= 15 is 0 Å². The van der Waals surface area contributed by atoms with Crippen molar-refractivity contribution < 1.29 is 33.0 Å². The number of amides is 3. The van der Waals surface area contributed by atoms with Crippen LogP contribution in [0.3, 0.4) is 0 Å². The van der Waals surface area contributed by atoms with E-state index < -0.39 is 17.7 Å². The second-order valence-corrected chi connectivity index (χ2v) is 42.1. The van der Waals surface area contributed by atoms with Crippen LogP contribution in [0.25, 0.3) is 20.0 Å². The summed E-state index contributed by atoms with van der Waals surface area (Å²) in [5.41, 5.74) is 15.3. The van der Waals surface area contributed by atoms with Crippen LogP contribution in [0.2, 0.25) is 15.1 Å². The molecular weight excluding hydrogens is 1870 g/mol. The van der Waals surface area contributed by atoms with E-state index in [0.29, 0.717) is 65.7 Å². The molecule has 3 N–H and O–H groups in total. The Bertz CT molecular complexity index is 6720. The lowest BCUT2D eigenvalue weighted by atomic mass is 9.99. The van der Waals surface area contributed by atoms with Gasteiger partial charge in [0.25, 0.3) is 0 Å². The van der Waals surface area contributed by atoms with Crippen molar-refractivity contribution in [3.63, 3.8) is 0 Å². The van der Waals surface area contributed by atoms with E-state index in [-0.39, 0.29) is 54.4 Å². The Morgan fingerprint density at radius 1 is 0.423 bits per heavy atom. The number of esters is 1. The molecule has 0 aliphatic carbocycles. The molecule has 29 nitrogen and oxygen atoms in total. The number of likely N-dealkylation sites (N-methyl/N-ethyl adjacent to an activating group) is 1. The maximum absolute atomic E-state index is 13.6. The van der Waals surface area contributed by atoms with E-state index in [2.05, 4.69) is 148 Å². The molecule has 2 saturated heterocycles. The van der Waals surface area contributed by atoms with Crippen molar-refractivity contribution in [3.8, 4) is 20.0 Å². The van der Waals surface area contributed by atoms with Crippen LogP contribution in [0.1, 0.15) is 210 Å². The minimum absolute atomic E-state index is 0.00793. The monoisotopic (exact) mass is 1980 g/mol. The number of nitrogens with zero attached hydrogens (tertiary/aromatic N) is 20. The standard InChI is InChI=1S/C27H34ClN7OS.C25H29ClN6O2S.C25H25ClN6OS.C23H25FN4O2S/c1-17-18(2)37-27-24(17)25(20-7-9-21(28)10-8-20)30-22(26-32-31-19(3)35(26)27)16-29-23(36)6-5-11-34-14-12-33(4)13-15-34;1-15-16(2)35-25-22(15)23(18-4-6-19(26)7-5-18)28-20(24-30-29-17(3)32(24)25)14-27-21(33)8-9-31-10-12-34-13-11-31;1-15-16(2)34-25-22(15)23(18-6-8-19(26)9-7-18)28-20(24-30-29-17(3)32(24)25)14-21(33)27-10-13-31-11-4-5-12-31;1-12-13(2)31-22-19(12)20(15-7-9-16(24)10-8-15)25-17(11-18(29)30-23(4,5)6)21-27-26-14(3)28(21)22/h7-10,22H,5-6,11-16H2,1-4H3,(H,29,36);4-7,20H,8-14H2,1-3H3,(H,27,33);4-9,11-12,20H,10,13-14H2,1-3H3,(H,27,33);7-10,17H,11H2,1-6H3/t22-;2*20-;17-/m0000/s1. The van der Waals surface area contributed by atoms with Gasteiger partial charge in [-0.25, -0.2) is 4.39 Å². The van der Waals surface area contributed by atoms with Gasteiger partial charge < -0.3 is 39.8 Å². The number of ether oxygens (including phenoxy) is 2. The number of hydrogen-bond donors (Lipinski definition) is 3. The molecule has 4 aromatic carbocycles. The van der Waals surface area contributed by atoms with Crippen molar-refractivity contribution in [1.82, 2.24) is 94.3 Å². The minimum Gasteiger partial charge on any atom is -0.460 e. The first-order valence-electron chi connectivity index (χ1n) is 46.0. The van der Waals surface area contributed by atoms with Crippen molar-refractivity contribution in [2.75, 3.05) is 92.3 Å². The van der Waals surface area contributed by atoms with E-state index in [9.17, 15) is 23.6 Å². The summed E-state index contributed by atoms with van der Waals surface area (Å²) in [4.78, 5) is 83.5. The van der Waals surface area contributed by atoms with E-state index in [1.165, 1.54) is 43.5 Å². The fraction of sp³-hybridized carbons (Fsp3) is 0.400. The summed E-state index contributed by atoms with van der Waals surface area (Å²) in [7, 11) is 2.16. The number of fused-ring (bicyclic) bond motifs is 12. The lowest BCUT2D eigenvalue weighted by Crippen LogP contribution is -2.44. The number of carbonyl (C=O) groups excluding carboxylic acids is 4. The summed E-state index contributed by atoms with van der Waals surface area (Å²) in [6.45, 7) is 41.3. The number of aromatic nitrogens is 13. The Kier molecular flexibility index (Phi) is 31.0. The van der Waals surface area contributed by atoms with Crippen LogP contribution in [-0.4, -0.2) is 223 Å². The topological polar surface area (TPSA) is 310 Å². The number of thiophene rings is 4. The third-order valence-corrected chi connectivity index (χ3v) is 30.7. The fourth-order valence-electron chi connectivity index (χ4n) is 17.4. The number of morpholine rings is 1. The van der Waals surface area contributed by atoms with Gasteiger partial charge >= 0.3 is 5.97 Å². The molecule has 6 aliphatic rings. The second-order valence-electron chi connectivity index (χ2n) is 35.9. The summed E-state index contributed by atoms with van der Waals surface area (Å²) >= 11 is 25.3. The van der Waals surface area contributed by atoms with Gasteiger partial charge in [-0.05, 0) is 219 Å². The normalized spacial score (nSPS) is 16.7. The smallest absolute Gasteiger partial charge is 0.308 e. The van der Waals surface area contributed by atoms with Gasteiger partial charge in [-0.1, -0.05) is 71.2 Å². The zero-order chi connectivity index (χ0) is 96.9. The third kappa shape index (κ3) is 22.4. The van der Waals surface area contributed by atoms with Crippen molar-refractivity contribution in [2.24, 2.45) is 20.0 Å². The average Bonchev–Trinajstić information content (AvgIpc) is 1.61. The number of aryl methyl sites for hydroxylation is 8. The first kappa shape index (κ1) is 98.8. The molecule has 0 spiro atoms.